The molecule has 0 unspecified atom stereocenters. The molecular weight excluding hydrogens is 377 g/mol. The first-order chi connectivity index (χ1) is 12.8. The summed E-state index contributed by atoms with van der Waals surface area (Å²) in [6.07, 6.45) is -3.33. The molecule has 0 spiro atoms. The topological polar surface area (TPSA) is 59.3 Å². The molecule has 0 aliphatic rings. The molecular formula is C18H13F3N4OS. The maximum Gasteiger partial charge on any atom is 0.432 e. The minimum absolute atomic E-state index is 0.0837. The van der Waals surface area contributed by atoms with E-state index in [-0.39, 0.29) is 23.0 Å². The number of benzene rings is 1. The van der Waals surface area contributed by atoms with Crippen LogP contribution in [0.15, 0.2) is 42.0 Å². The van der Waals surface area contributed by atoms with Gasteiger partial charge in [0.05, 0.1) is 11.9 Å². The van der Waals surface area contributed by atoms with Gasteiger partial charge in [0.2, 0.25) is 5.91 Å². The third-order valence-electron chi connectivity index (χ3n) is 4.07. The lowest BCUT2D eigenvalue weighted by molar-refractivity contribution is -0.141. The van der Waals surface area contributed by atoms with Gasteiger partial charge in [-0.2, -0.15) is 13.2 Å². The van der Waals surface area contributed by atoms with Crippen LogP contribution in [0.3, 0.4) is 0 Å². The molecule has 0 aliphatic heterocycles. The van der Waals surface area contributed by atoms with Crippen molar-refractivity contribution in [1.29, 1.82) is 0 Å². The second-order valence-electron chi connectivity index (χ2n) is 6.09. The average molecular weight is 390 g/mol. The minimum Gasteiger partial charge on any atom is -0.308 e. The Labute approximate surface area is 155 Å². The van der Waals surface area contributed by atoms with Gasteiger partial charge in [-0.25, -0.2) is 4.98 Å². The number of thiazole rings is 1. The van der Waals surface area contributed by atoms with Crippen LogP contribution >= 0.6 is 11.3 Å². The van der Waals surface area contributed by atoms with Gasteiger partial charge in [-0.05, 0) is 30.7 Å². The number of aromatic nitrogens is 3. The monoisotopic (exact) mass is 390 g/mol. The lowest BCUT2D eigenvalue weighted by Crippen LogP contribution is -2.14. The van der Waals surface area contributed by atoms with Crippen molar-refractivity contribution in [3.8, 4) is 0 Å². The summed E-state index contributed by atoms with van der Waals surface area (Å²) in [5.74, 6) is -0.226. The number of aryl methyl sites for hydroxylation is 1. The number of rotatable bonds is 3. The number of amides is 1. The van der Waals surface area contributed by atoms with Crippen molar-refractivity contribution in [3.63, 3.8) is 0 Å². The fourth-order valence-electron chi connectivity index (χ4n) is 2.83. The van der Waals surface area contributed by atoms with E-state index in [9.17, 15) is 18.0 Å². The number of nitrogens with zero attached hydrogens (tertiary/aromatic N) is 3. The molecule has 1 aromatic carbocycles. The molecule has 0 saturated carbocycles. The van der Waals surface area contributed by atoms with Gasteiger partial charge >= 0.3 is 6.18 Å². The fourth-order valence-corrected chi connectivity index (χ4v) is 3.77. The van der Waals surface area contributed by atoms with E-state index in [0.717, 1.165) is 49.6 Å². The molecule has 4 aromatic rings. The molecule has 0 atom stereocenters. The summed E-state index contributed by atoms with van der Waals surface area (Å²) < 4.78 is 39.7. The number of alkyl halides is 3. The van der Waals surface area contributed by atoms with Crippen LogP contribution in [-0.4, -0.2) is 20.3 Å². The van der Waals surface area contributed by atoms with Crippen LogP contribution < -0.4 is 5.32 Å². The van der Waals surface area contributed by atoms with Crippen molar-refractivity contribution < 1.29 is 18.0 Å². The van der Waals surface area contributed by atoms with Crippen LogP contribution in [0.4, 0.5) is 19.0 Å². The minimum atomic E-state index is -4.47. The first-order valence-corrected chi connectivity index (χ1v) is 8.87. The van der Waals surface area contributed by atoms with Crippen molar-refractivity contribution >= 4 is 38.8 Å². The second-order valence-corrected chi connectivity index (χ2v) is 6.95. The van der Waals surface area contributed by atoms with E-state index in [1.807, 2.05) is 37.3 Å². The molecule has 3 aromatic heterocycles. The first kappa shape index (κ1) is 17.5. The van der Waals surface area contributed by atoms with Gasteiger partial charge in [0.15, 0.2) is 5.82 Å². The van der Waals surface area contributed by atoms with Gasteiger partial charge in [0.25, 0.3) is 0 Å². The Morgan fingerprint density at radius 2 is 2.07 bits per heavy atom. The number of fused-ring (bicyclic) bond motifs is 2. The van der Waals surface area contributed by atoms with Crippen molar-refractivity contribution in [2.24, 2.45) is 0 Å². The van der Waals surface area contributed by atoms with Crippen LogP contribution in [0.2, 0.25) is 0 Å². The molecule has 5 nitrogen and oxygen atoms in total. The summed E-state index contributed by atoms with van der Waals surface area (Å²) in [4.78, 5) is 20.9. The Morgan fingerprint density at radius 1 is 1.26 bits per heavy atom. The number of hydrogen-bond donors (Lipinski definition) is 1. The number of imidazole rings is 1. The second kappa shape index (κ2) is 6.34. The zero-order valence-electron chi connectivity index (χ0n) is 14.0. The Balaban J connectivity index is 1.54. The van der Waals surface area contributed by atoms with E-state index in [1.165, 1.54) is 0 Å². The largest absolute Gasteiger partial charge is 0.432 e. The van der Waals surface area contributed by atoms with Gasteiger partial charge < -0.3 is 5.32 Å². The molecule has 138 valence electrons. The van der Waals surface area contributed by atoms with Gasteiger partial charge in [0.1, 0.15) is 16.9 Å². The molecule has 0 radical (unpaired) electrons. The Morgan fingerprint density at radius 3 is 2.85 bits per heavy atom. The van der Waals surface area contributed by atoms with Crippen LogP contribution in [0, 0.1) is 6.92 Å². The van der Waals surface area contributed by atoms with Crippen molar-refractivity contribution in [3.05, 3.63) is 59.0 Å². The standard InChI is InChI=1S/C18H13F3N4OS/c1-10-2-4-12-6-11(3-5-13(12)23-10)7-15(26)24-16-17-25(9-22-16)14(8-27-17)18(19,20)21/h2-6,8-9H,7H2,1H3,(H,24,26). The van der Waals surface area contributed by atoms with E-state index >= 15 is 0 Å². The van der Waals surface area contributed by atoms with Crippen molar-refractivity contribution in [1.82, 2.24) is 14.4 Å². The highest BCUT2D eigenvalue weighted by atomic mass is 32.1. The zero-order valence-corrected chi connectivity index (χ0v) is 14.9. The smallest absolute Gasteiger partial charge is 0.308 e. The number of carbonyl (C=O) groups excluding carboxylic acids is 1. The summed E-state index contributed by atoms with van der Waals surface area (Å²) >= 11 is 0.883. The predicted octanol–water partition coefficient (Wildman–Crippen LogP) is 4.45. The number of carbonyl (C=O) groups is 1. The molecule has 4 rings (SSSR count). The molecule has 27 heavy (non-hydrogen) atoms. The molecule has 9 heteroatoms. The summed E-state index contributed by atoms with van der Waals surface area (Å²) in [6.45, 7) is 1.90. The van der Waals surface area contributed by atoms with Gasteiger partial charge in [-0.1, -0.05) is 12.1 Å². The Hall–Kier alpha value is -2.94. The first-order valence-electron chi connectivity index (χ1n) is 7.99. The lowest BCUT2D eigenvalue weighted by Gasteiger charge is -2.05. The molecule has 1 amide bonds. The van der Waals surface area contributed by atoms with Crippen LogP contribution in [0.25, 0.3) is 15.7 Å². The SMILES string of the molecule is Cc1ccc2cc(CC(=O)Nc3ncn4c(C(F)(F)F)csc34)ccc2n1. The summed E-state index contributed by atoms with van der Waals surface area (Å²) in [7, 11) is 0. The highest BCUT2D eigenvalue weighted by molar-refractivity contribution is 7.16. The maximum atomic E-state index is 12.9. The Kier molecular flexibility index (Phi) is 4.11. The Bertz CT molecular complexity index is 1160. The van der Waals surface area contributed by atoms with E-state index in [0.29, 0.717) is 0 Å². The number of halogens is 3. The lowest BCUT2D eigenvalue weighted by atomic mass is 10.1. The third kappa shape index (κ3) is 3.37. The van der Waals surface area contributed by atoms with Crippen LogP contribution in [0.5, 0.6) is 0 Å². The molecule has 0 bridgehead atoms. The fraction of sp³-hybridized carbons (Fsp3) is 0.167. The summed E-state index contributed by atoms with van der Waals surface area (Å²) in [6, 6.07) is 9.35. The average Bonchev–Trinajstić information content (AvgIpc) is 3.17. The molecule has 0 fully saturated rings. The van der Waals surface area contributed by atoms with E-state index in [4.69, 9.17) is 0 Å². The van der Waals surface area contributed by atoms with Gasteiger partial charge in [0, 0.05) is 16.5 Å². The van der Waals surface area contributed by atoms with E-state index < -0.39 is 11.9 Å². The number of anilines is 1. The quantitative estimate of drug-likeness (QED) is 0.562. The van der Waals surface area contributed by atoms with Gasteiger partial charge in [-0.3, -0.25) is 14.2 Å². The molecule has 1 N–H and O–H groups in total. The summed E-state index contributed by atoms with van der Waals surface area (Å²) in [5.41, 5.74) is 1.72. The van der Waals surface area contributed by atoms with Crippen LogP contribution in [0.1, 0.15) is 17.0 Å². The molecule has 0 saturated heterocycles. The number of pyridine rings is 1. The van der Waals surface area contributed by atoms with E-state index in [1.54, 1.807) is 0 Å². The van der Waals surface area contributed by atoms with E-state index in [2.05, 4.69) is 15.3 Å². The highest BCUT2D eigenvalue weighted by Gasteiger charge is 2.35. The third-order valence-corrected chi connectivity index (χ3v) is 5.03. The van der Waals surface area contributed by atoms with Gasteiger partial charge in [-0.15, -0.1) is 11.3 Å². The maximum absolute atomic E-state index is 12.9. The molecule has 0 aliphatic carbocycles. The molecule has 3 heterocycles. The number of hydrogen-bond acceptors (Lipinski definition) is 4. The zero-order chi connectivity index (χ0) is 19.2. The van der Waals surface area contributed by atoms with Crippen molar-refractivity contribution in [2.45, 2.75) is 19.5 Å². The highest BCUT2D eigenvalue weighted by Crippen LogP contribution is 2.35. The van der Waals surface area contributed by atoms with Crippen LogP contribution in [-0.2, 0) is 17.4 Å². The normalized spacial score (nSPS) is 12.0. The number of nitrogens with one attached hydrogen (secondary N) is 1. The van der Waals surface area contributed by atoms with Crippen molar-refractivity contribution in [2.75, 3.05) is 5.32 Å². The summed E-state index contributed by atoms with van der Waals surface area (Å²) in [5, 5.41) is 4.52. The predicted molar refractivity (Wildman–Crippen MR) is 96.9 cm³/mol.